The molecule has 0 aromatic heterocycles. The summed E-state index contributed by atoms with van der Waals surface area (Å²) in [5, 5.41) is 11.4. The Hall–Kier alpha value is -3.47. The molecule has 0 fully saturated rings. The number of fused-ring (bicyclic) bond motifs is 1. The Morgan fingerprint density at radius 1 is 1.14 bits per heavy atom. The van der Waals surface area contributed by atoms with E-state index in [0.717, 1.165) is 17.7 Å². The van der Waals surface area contributed by atoms with Gasteiger partial charge in [-0.2, -0.15) is 0 Å². The van der Waals surface area contributed by atoms with E-state index in [1.807, 2.05) is 26.6 Å². The molecule has 0 radical (unpaired) electrons. The van der Waals surface area contributed by atoms with Gasteiger partial charge in [0.1, 0.15) is 30.0 Å². The van der Waals surface area contributed by atoms with Crippen LogP contribution in [0.25, 0.3) is 0 Å². The van der Waals surface area contributed by atoms with Gasteiger partial charge in [0.05, 0.1) is 21.1 Å². The van der Waals surface area contributed by atoms with Crippen LogP contribution in [0.2, 0.25) is 19.6 Å². The van der Waals surface area contributed by atoms with Crippen LogP contribution in [0, 0.1) is 11.6 Å². The summed E-state index contributed by atoms with van der Waals surface area (Å²) in [6.07, 6.45) is -0.836. The first-order chi connectivity index (χ1) is 16.9. The highest BCUT2D eigenvalue weighted by Crippen LogP contribution is 2.34. The van der Waals surface area contributed by atoms with Gasteiger partial charge in [0.25, 0.3) is 5.91 Å². The van der Waals surface area contributed by atoms with Gasteiger partial charge in [-0.15, -0.1) is 0 Å². The number of hydrogen-bond acceptors (Lipinski definition) is 5. The largest absolute Gasteiger partial charge is 0.494 e. The molecule has 11 heteroatoms. The lowest BCUT2D eigenvalue weighted by Crippen LogP contribution is -2.46. The Morgan fingerprint density at radius 2 is 1.81 bits per heavy atom. The van der Waals surface area contributed by atoms with Gasteiger partial charge in [0.2, 0.25) is 0 Å². The van der Waals surface area contributed by atoms with E-state index in [9.17, 15) is 23.2 Å². The highest BCUT2D eigenvalue weighted by atomic mass is 28.3. The SMILES string of the molecule is CCOc1ccc2c(c1)CCN(C(=O)OCCC(=O)O)[C@H]2C(=O)Nc1cc(F)c([Si](C)(C)C)c(F)c1. The predicted octanol–water partition coefficient (Wildman–Crippen LogP) is 4.06. The van der Waals surface area contributed by atoms with Crippen molar-refractivity contribution in [2.24, 2.45) is 0 Å². The summed E-state index contributed by atoms with van der Waals surface area (Å²) in [5.41, 5.74) is 1.22. The number of nitrogens with one attached hydrogen (secondary N) is 1. The normalized spacial score (nSPS) is 15.2. The molecule has 3 rings (SSSR count). The Bertz CT molecular complexity index is 1140. The maximum atomic E-state index is 14.8. The molecule has 0 saturated heterocycles. The average molecular weight is 521 g/mol. The van der Waals surface area contributed by atoms with Crippen LogP contribution in [-0.4, -0.2) is 55.8 Å². The number of carboxylic acids is 1. The lowest BCUT2D eigenvalue weighted by Gasteiger charge is -2.35. The van der Waals surface area contributed by atoms with E-state index in [0.29, 0.717) is 24.3 Å². The summed E-state index contributed by atoms with van der Waals surface area (Å²) in [6.45, 7) is 7.50. The topological polar surface area (TPSA) is 105 Å². The second-order valence-electron chi connectivity index (χ2n) is 9.45. The van der Waals surface area contributed by atoms with E-state index in [4.69, 9.17) is 14.6 Å². The second-order valence-corrected chi connectivity index (χ2v) is 14.5. The molecule has 1 atom stereocenters. The number of aliphatic carboxylic acids is 1. The minimum Gasteiger partial charge on any atom is -0.494 e. The van der Waals surface area contributed by atoms with E-state index < -0.39 is 43.7 Å². The summed E-state index contributed by atoms with van der Waals surface area (Å²) in [6, 6.07) is 6.11. The van der Waals surface area contributed by atoms with E-state index in [1.54, 1.807) is 18.2 Å². The summed E-state index contributed by atoms with van der Waals surface area (Å²) in [7, 11) is -2.31. The van der Waals surface area contributed by atoms with Crippen LogP contribution in [0.3, 0.4) is 0 Å². The number of carbonyl (C=O) groups is 3. The molecule has 8 nitrogen and oxygen atoms in total. The first-order valence-corrected chi connectivity index (χ1v) is 15.1. The molecule has 2 amide bonds. The van der Waals surface area contributed by atoms with Crippen molar-refractivity contribution in [3.8, 4) is 5.75 Å². The Labute approximate surface area is 209 Å². The third kappa shape index (κ3) is 6.20. The zero-order chi connectivity index (χ0) is 26.6. The lowest BCUT2D eigenvalue weighted by atomic mass is 9.92. The smallest absolute Gasteiger partial charge is 0.410 e. The number of nitrogens with zero attached hydrogens (tertiary/aromatic N) is 1. The maximum absolute atomic E-state index is 14.8. The number of amides is 2. The highest BCUT2D eigenvalue weighted by molar-refractivity contribution is 6.88. The van der Waals surface area contributed by atoms with E-state index in [1.165, 1.54) is 4.90 Å². The van der Waals surface area contributed by atoms with Gasteiger partial charge >= 0.3 is 12.1 Å². The Morgan fingerprint density at radius 3 is 2.39 bits per heavy atom. The zero-order valence-electron chi connectivity index (χ0n) is 20.7. The number of ether oxygens (including phenoxy) is 2. The number of halogens is 2. The molecular formula is C25H30F2N2O6Si. The molecule has 0 saturated carbocycles. The van der Waals surface area contributed by atoms with Crippen LogP contribution in [-0.2, 0) is 20.7 Å². The van der Waals surface area contributed by atoms with Crippen LogP contribution in [0.1, 0.15) is 30.5 Å². The summed E-state index contributed by atoms with van der Waals surface area (Å²) < 4.78 is 40.1. The first-order valence-electron chi connectivity index (χ1n) is 11.6. The van der Waals surface area contributed by atoms with Crippen LogP contribution >= 0.6 is 0 Å². The quantitative estimate of drug-likeness (QED) is 0.509. The van der Waals surface area contributed by atoms with Crippen LogP contribution < -0.4 is 15.2 Å². The average Bonchev–Trinajstić information content (AvgIpc) is 2.76. The summed E-state index contributed by atoms with van der Waals surface area (Å²) in [4.78, 5) is 38.2. The zero-order valence-corrected chi connectivity index (χ0v) is 21.7. The van der Waals surface area contributed by atoms with E-state index >= 15 is 0 Å². The van der Waals surface area contributed by atoms with Crippen molar-refractivity contribution in [2.75, 3.05) is 25.1 Å². The number of carboxylic acid groups (broad SMARTS) is 1. The number of rotatable bonds is 8. The molecule has 0 aliphatic carbocycles. The number of benzene rings is 2. The Balaban J connectivity index is 1.93. The van der Waals surface area contributed by atoms with Crippen molar-refractivity contribution < 1.29 is 37.7 Å². The lowest BCUT2D eigenvalue weighted by molar-refractivity contribution is -0.138. The Kier molecular flexibility index (Phi) is 8.34. The van der Waals surface area contributed by atoms with Crippen LogP contribution in [0.15, 0.2) is 30.3 Å². The molecular weight excluding hydrogens is 490 g/mol. The van der Waals surface area contributed by atoms with Gasteiger partial charge in [0.15, 0.2) is 0 Å². The summed E-state index contributed by atoms with van der Waals surface area (Å²) in [5.74, 6) is -2.68. The molecule has 2 aromatic carbocycles. The van der Waals surface area contributed by atoms with Gasteiger partial charge < -0.3 is 19.9 Å². The van der Waals surface area contributed by atoms with Crippen molar-refractivity contribution in [1.29, 1.82) is 0 Å². The van der Waals surface area contributed by atoms with Gasteiger partial charge in [-0.05, 0) is 48.7 Å². The third-order valence-corrected chi connectivity index (χ3v) is 7.72. The first kappa shape index (κ1) is 27.1. The molecule has 2 aromatic rings. The standard InChI is InChI=1S/C25H30F2N2O6Si/c1-5-34-17-6-7-18-15(12-17)8-10-29(25(33)35-11-9-21(30)31)22(18)24(32)28-16-13-19(26)23(20(27)14-16)36(2,3)4/h6-7,12-14,22H,5,8-11H2,1-4H3,(H,28,32)(H,30,31)/t22-/m1/s1. The molecule has 2 N–H and O–H groups in total. The molecule has 0 bridgehead atoms. The fraction of sp³-hybridized carbons (Fsp3) is 0.400. The molecule has 36 heavy (non-hydrogen) atoms. The van der Waals surface area contributed by atoms with E-state index in [2.05, 4.69) is 5.32 Å². The summed E-state index contributed by atoms with van der Waals surface area (Å²) >= 11 is 0. The molecule has 1 aliphatic rings. The van der Waals surface area contributed by atoms with Crippen molar-refractivity contribution in [3.63, 3.8) is 0 Å². The van der Waals surface area contributed by atoms with Crippen molar-refractivity contribution in [1.82, 2.24) is 4.90 Å². The minimum atomic E-state index is -2.31. The number of hydrogen-bond donors (Lipinski definition) is 2. The monoisotopic (exact) mass is 520 g/mol. The molecule has 1 aliphatic heterocycles. The molecule has 0 spiro atoms. The van der Waals surface area contributed by atoms with E-state index in [-0.39, 0.29) is 30.4 Å². The van der Waals surface area contributed by atoms with Crippen LogP contribution in [0.5, 0.6) is 5.75 Å². The van der Waals surface area contributed by atoms with Gasteiger partial charge in [0, 0.05) is 17.4 Å². The highest BCUT2D eigenvalue weighted by Gasteiger charge is 2.37. The number of anilines is 1. The van der Waals surface area contributed by atoms with Gasteiger partial charge in [-0.1, -0.05) is 25.7 Å². The van der Waals surface area contributed by atoms with Crippen molar-refractivity contribution in [3.05, 3.63) is 53.1 Å². The van der Waals surface area contributed by atoms with Gasteiger partial charge in [-0.3, -0.25) is 14.5 Å². The minimum absolute atomic E-state index is 0.0376. The predicted molar refractivity (Wildman–Crippen MR) is 132 cm³/mol. The van der Waals surface area contributed by atoms with Crippen molar-refractivity contribution >= 4 is 36.9 Å². The maximum Gasteiger partial charge on any atom is 0.410 e. The molecule has 0 unspecified atom stereocenters. The van der Waals surface area contributed by atoms with Crippen molar-refractivity contribution in [2.45, 2.75) is 45.4 Å². The van der Waals surface area contributed by atoms with Crippen LogP contribution in [0.4, 0.5) is 19.3 Å². The fourth-order valence-corrected chi connectivity index (χ4v) is 5.80. The third-order valence-electron chi connectivity index (χ3n) is 5.74. The molecule has 1 heterocycles. The fourth-order valence-electron chi connectivity index (χ4n) is 4.22. The van der Waals surface area contributed by atoms with Gasteiger partial charge in [-0.25, -0.2) is 13.6 Å². The number of carbonyl (C=O) groups excluding carboxylic acids is 2. The second kappa shape index (κ2) is 11.1. The molecule has 194 valence electrons.